The van der Waals surface area contributed by atoms with Gasteiger partial charge in [0.05, 0.1) is 12.8 Å². The van der Waals surface area contributed by atoms with Crippen molar-refractivity contribution in [1.82, 2.24) is 0 Å². The number of carbonyl (C=O) groups is 1. The molecule has 0 aliphatic carbocycles. The van der Waals surface area contributed by atoms with E-state index in [4.69, 9.17) is 4.74 Å². The number of ether oxygens (including phenoxy) is 1. The van der Waals surface area contributed by atoms with Crippen molar-refractivity contribution in [2.75, 3.05) is 17.7 Å². The van der Waals surface area contributed by atoms with E-state index >= 15 is 0 Å². The summed E-state index contributed by atoms with van der Waals surface area (Å²) in [6.07, 6.45) is 0.675. The molecule has 0 aliphatic rings. The number of rotatable bonds is 6. The van der Waals surface area contributed by atoms with Gasteiger partial charge < -0.3 is 15.4 Å². The summed E-state index contributed by atoms with van der Waals surface area (Å²) in [5, 5.41) is 6.28. The van der Waals surface area contributed by atoms with Gasteiger partial charge in [-0.2, -0.15) is 0 Å². The van der Waals surface area contributed by atoms with Crippen LogP contribution in [0.3, 0.4) is 0 Å². The van der Waals surface area contributed by atoms with E-state index in [0.717, 1.165) is 28.3 Å². The molecule has 1 amide bonds. The molecule has 0 aliphatic heterocycles. The summed E-state index contributed by atoms with van der Waals surface area (Å²) < 4.78 is 5.33. The van der Waals surface area contributed by atoms with Gasteiger partial charge >= 0.3 is 0 Å². The van der Waals surface area contributed by atoms with Crippen molar-refractivity contribution >= 4 is 17.3 Å². The van der Waals surface area contributed by atoms with Crippen LogP contribution >= 0.6 is 0 Å². The molecule has 0 radical (unpaired) electrons. The van der Waals surface area contributed by atoms with Crippen LogP contribution in [0, 0.1) is 13.8 Å². The van der Waals surface area contributed by atoms with Gasteiger partial charge in [-0.3, -0.25) is 4.79 Å². The first kappa shape index (κ1) is 16.9. The monoisotopic (exact) mass is 312 g/mol. The van der Waals surface area contributed by atoms with E-state index in [-0.39, 0.29) is 11.9 Å². The average Bonchev–Trinajstić information content (AvgIpc) is 2.57. The molecule has 1 atom stereocenters. The molecule has 0 saturated carbocycles. The summed E-state index contributed by atoms with van der Waals surface area (Å²) in [6.45, 7) is 6.03. The van der Waals surface area contributed by atoms with Crippen LogP contribution in [0.5, 0.6) is 5.75 Å². The van der Waals surface area contributed by atoms with E-state index in [2.05, 4.69) is 10.6 Å². The molecule has 0 saturated heterocycles. The number of carbonyl (C=O) groups excluding carboxylic acids is 1. The van der Waals surface area contributed by atoms with Gasteiger partial charge in [-0.05, 0) is 49.6 Å². The van der Waals surface area contributed by atoms with E-state index < -0.39 is 0 Å². The highest BCUT2D eigenvalue weighted by atomic mass is 16.5. The fourth-order valence-electron chi connectivity index (χ4n) is 2.41. The Hall–Kier alpha value is -2.49. The molecule has 4 nitrogen and oxygen atoms in total. The van der Waals surface area contributed by atoms with Crippen molar-refractivity contribution < 1.29 is 9.53 Å². The zero-order chi connectivity index (χ0) is 16.8. The zero-order valence-electron chi connectivity index (χ0n) is 14.1. The van der Waals surface area contributed by atoms with Crippen LogP contribution in [0.2, 0.25) is 0 Å². The lowest BCUT2D eigenvalue weighted by atomic mass is 10.1. The van der Waals surface area contributed by atoms with Crippen LogP contribution in [-0.4, -0.2) is 19.1 Å². The summed E-state index contributed by atoms with van der Waals surface area (Å²) in [6, 6.07) is 13.2. The van der Waals surface area contributed by atoms with Crippen molar-refractivity contribution in [1.29, 1.82) is 0 Å². The summed E-state index contributed by atoms with van der Waals surface area (Å²) in [5.74, 6) is 0.678. The highest BCUT2D eigenvalue weighted by Gasteiger charge is 2.18. The fourth-order valence-corrected chi connectivity index (χ4v) is 2.41. The van der Waals surface area contributed by atoms with Crippen LogP contribution in [-0.2, 0) is 4.79 Å². The first-order valence-electron chi connectivity index (χ1n) is 7.83. The maximum absolute atomic E-state index is 12.6. The van der Waals surface area contributed by atoms with Crippen molar-refractivity contribution in [3.05, 3.63) is 53.6 Å². The van der Waals surface area contributed by atoms with Gasteiger partial charge in [-0.15, -0.1) is 0 Å². The Morgan fingerprint density at radius 1 is 1.09 bits per heavy atom. The molecule has 0 bridgehead atoms. The predicted molar refractivity (Wildman–Crippen MR) is 95.2 cm³/mol. The van der Waals surface area contributed by atoms with Gasteiger partial charge in [-0.25, -0.2) is 0 Å². The Labute approximate surface area is 137 Å². The van der Waals surface area contributed by atoms with Crippen molar-refractivity contribution in [2.24, 2.45) is 0 Å². The molecule has 0 unspecified atom stereocenters. The van der Waals surface area contributed by atoms with Gasteiger partial charge in [0.1, 0.15) is 11.8 Å². The van der Waals surface area contributed by atoms with E-state index in [1.807, 2.05) is 63.2 Å². The Kier molecular flexibility index (Phi) is 5.63. The molecular formula is C19H24N2O2. The second kappa shape index (κ2) is 7.68. The molecule has 0 aromatic heterocycles. The summed E-state index contributed by atoms with van der Waals surface area (Å²) >= 11 is 0. The number of hydrogen-bond acceptors (Lipinski definition) is 3. The van der Waals surface area contributed by atoms with Gasteiger partial charge in [0.15, 0.2) is 0 Å². The van der Waals surface area contributed by atoms with Crippen LogP contribution in [0.15, 0.2) is 42.5 Å². The first-order chi connectivity index (χ1) is 11.1. The second-order valence-electron chi connectivity index (χ2n) is 5.54. The lowest BCUT2D eigenvalue weighted by Crippen LogP contribution is -2.34. The predicted octanol–water partition coefficient (Wildman–Crippen LogP) is 4.14. The SMILES string of the molecule is CC[C@H](Nc1ccccc1OC)C(=O)Nc1cccc(C)c1C. The number of amides is 1. The van der Waals surface area contributed by atoms with Crippen LogP contribution in [0.4, 0.5) is 11.4 Å². The minimum Gasteiger partial charge on any atom is -0.495 e. The van der Waals surface area contributed by atoms with Gasteiger partial charge in [0.2, 0.25) is 5.91 Å². The van der Waals surface area contributed by atoms with E-state index in [9.17, 15) is 4.79 Å². The van der Waals surface area contributed by atoms with Crippen LogP contribution in [0.25, 0.3) is 0 Å². The molecule has 23 heavy (non-hydrogen) atoms. The number of para-hydroxylation sites is 2. The molecule has 0 spiro atoms. The first-order valence-corrected chi connectivity index (χ1v) is 7.83. The Morgan fingerprint density at radius 3 is 2.48 bits per heavy atom. The number of methoxy groups -OCH3 is 1. The highest BCUT2D eigenvalue weighted by Crippen LogP contribution is 2.25. The largest absolute Gasteiger partial charge is 0.495 e. The van der Waals surface area contributed by atoms with E-state index in [1.54, 1.807) is 7.11 Å². The molecule has 2 N–H and O–H groups in total. The average molecular weight is 312 g/mol. The van der Waals surface area contributed by atoms with Gasteiger partial charge in [-0.1, -0.05) is 31.2 Å². The van der Waals surface area contributed by atoms with Gasteiger partial charge in [0, 0.05) is 5.69 Å². The Bertz CT molecular complexity index is 683. The summed E-state index contributed by atoms with van der Waals surface area (Å²) in [7, 11) is 1.62. The molecule has 0 fully saturated rings. The van der Waals surface area contributed by atoms with Gasteiger partial charge in [0.25, 0.3) is 0 Å². The molecule has 2 aromatic rings. The molecule has 2 rings (SSSR count). The molecule has 0 heterocycles. The molecule has 4 heteroatoms. The lowest BCUT2D eigenvalue weighted by molar-refractivity contribution is -0.117. The van der Waals surface area contributed by atoms with E-state index in [1.165, 1.54) is 0 Å². The Balaban J connectivity index is 2.14. The second-order valence-corrected chi connectivity index (χ2v) is 5.54. The third-order valence-corrected chi connectivity index (χ3v) is 4.02. The minimum absolute atomic E-state index is 0.0490. The number of aryl methyl sites for hydroxylation is 1. The number of anilines is 2. The van der Waals surface area contributed by atoms with Crippen molar-refractivity contribution in [2.45, 2.75) is 33.2 Å². The standard InChI is InChI=1S/C19H24N2O2/c1-5-15(20-17-10-6-7-12-18(17)23-4)19(22)21-16-11-8-9-13(2)14(16)3/h6-12,15,20H,5H2,1-4H3,(H,21,22)/t15-/m0/s1. The molecule has 122 valence electrons. The normalized spacial score (nSPS) is 11.7. The van der Waals surface area contributed by atoms with Crippen LogP contribution < -0.4 is 15.4 Å². The third-order valence-electron chi connectivity index (χ3n) is 4.02. The van der Waals surface area contributed by atoms with E-state index in [0.29, 0.717) is 6.42 Å². The zero-order valence-corrected chi connectivity index (χ0v) is 14.1. The lowest BCUT2D eigenvalue weighted by Gasteiger charge is -2.20. The van der Waals surface area contributed by atoms with Crippen molar-refractivity contribution in [3.63, 3.8) is 0 Å². The van der Waals surface area contributed by atoms with Crippen molar-refractivity contribution in [3.8, 4) is 5.75 Å². The third kappa shape index (κ3) is 4.03. The smallest absolute Gasteiger partial charge is 0.246 e. The maximum Gasteiger partial charge on any atom is 0.246 e. The van der Waals surface area contributed by atoms with Crippen LogP contribution in [0.1, 0.15) is 24.5 Å². The minimum atomic E-state index is -0.328. The number of hydrogen-bond donors (Lipinski definition) is 2. The molecule has 2 aromatic carbocycles. The highest BCUT2D eigenvalue weighted by molar-refractivity contribution is 5.97. The summed E-state index contributed by atoms with van der Waals surface area (Å²) in [5.41, 5.74) is 3.93. The molecular weight excluding hydrogens is 288 g/mol. The Morgan fingerprint density at radius 2 is 1.78 bits per heavy atom. The quantitative estimate of drug-likeness (QED) is 0.843. The topological polar surface area (TPSA) is 50.4 Å². The fraction of sp³-hybridized carbons (Fsp3) is 0.316. The maximum atomic E-state index is 12.6. The number of nitrogens with one attached hydrogen (secondary N) is 2. The number of benzene rings is 2. The summed E-state index contributed by atoms with van der Waals surface area (Å²) in [4.78, 5) is 12.6.